The Morgan fingerprint density at radius 2 is 2.15 bits per heavy atom. The molecule has 1 fully saturated rings. The van der Waals surface area contributed by atoms with Crippen LogP contribution >= 0.6 is 0 Å². The van der Waals surface area contributed by atoms with Crippen molar-refractivity contribution in [1.29, 1.82) is 0 Å². The molecule has 2 N–H and O–H groups in total. The van der Waals surface area contributed by atoms with Gasteiger partial charge in [-0.3, -0.25) is 0 Å². The van der Waals surface area contributed by atoms with Crippen LogP contribution in [0.4, 0.5) is 10.2 Å². The summed E-state index contributed by atoms with van der Waals surface area (Å²) in [5.74, 6) is -0.713. The quantitative estimate of drug-likeness (QED) is 0.863. The van der Waals surface area contributed by atoms with Gasteiger partial charge in [0, 0.05) is 6.04 Å². The lowest BCUT2D eigenvalue weighted by Gasteiger charge is -2.29. The van der Waals surface area contributed by atoms with Crippen LogP contribution < -0.4 is 5.32 Å². The van der Waals surface area contributed by atoms with E-state index in [0.717, 1.165) is 43.9 Å². The van der Waals surface area contributed by atoms with E-state index in [1.165, 1.54) is 12.8 Å². The highest BCUT2D eigenvalue weighted by Gasteiger charge is 2.22. The largest absolute Gasteiger partial charge is 0.478 e. The average molecular weight is 280 g/mol. The Kier molecular flexibility index (Phi) is 4.93. The summed E-state index contributed by atoms with van der Waals surface area (Å²) in [7, 11) is 0. The number of nitrogens with one attached hydrogen (secondary N) is 1. The van der Waals surface area contributed by atoms with Gasteiger partial charge in [0.2, 0.25) is 0 Å². The second-order valence-corrected chi connectivity index (χ2v) is 5.51. The minimum atomic E-state index is -1.15. The van der Waals surface area contributed by atoms with Crippen LogP contribution in [0, 0.1) is 11.7 Å². The summed E-state index contributed by atoms with van der Waals surface area (Å²) in [6, 6.07) is 1.25. The molecule has 0 spiro atoms. The predicted octanol–water partition coefficient (Wildman–Crippen LogP) is 3.69. The third-order valence-corrected chi connectivity index (χ3v) is 3.97. The van der Waals surface area contributed by atoms with Gasteiger partial charge < -0.3 is 10.4 Å². The summed E-state index contributed by atoms with van der Waals surface area (Å²) in [6.07, 6.45) is 7.89. The van der Waals surface area contributed by atoms with Gasteiger partial charge in [-0.05, 0) is 37.7 Å². The number of carbonyl (C=O) groups is 1. The minimum Gasteiger partial charge on any atom is -0.478 e. The molecule has 20 heavy (non-hydrogen) atoms. The molecular formula is C15H21FN2O2. The van der Waals surface area contributed by atoms with Crippen LogP contribution in [-0.2, 0) is 0 Å². The zero-order chi connectivity index (χ0) is 14.5. The number of hydrogen-bond donors (Lipinski definition) is 2. The Bertz CT molecular complexity index is 471. The molecule has 0 amide bonds. The molecular weight excluding hydrogens is 259 g/mol. The van der Waals surface area contributed by atoms with Crippen LogP contribution in [0.5, 0.6) is 0 Å². The molecule has 1 aromatic heterocycles. The van der Waals surface area contributed by atoms with Crippen LogP contribution in [-0.4, -0.2) is 22.1 Å². The molecule has 1 aliphatic rings. The van der Waals surface area contributed by atoms with Gasteiger partial charge in [0.15, 0.2) is 0 Å². The molecule has 1 saturated carbocycles. The van der Waals surface area contributed by atoms with Crippen molar-refractivity contribution in [2.24, 2.45) is 5.92 Å². The van der Waals surface area contributed by atoms with Crippen molar-refractivity contribution in [3.05, 3.63) is 23.6 Å². The van der Waals surface area contributed by atoms with Crippen LogP contribution in [0.1, 0.15) is 55.8 Å². The van der Waals surface area contributed by atoms with Gasteiger partial charge in [-0.1, -0.05) is 19.8 Å². The number of rotatable bonds is 5. The first-order valence-corrected chi connectivity index (χ1v) is 7.25. The summed E-state index contributed by atoms with van der Waals surface area (Å²) in [5.41, 5.74) is -0.0966. The van der Waals surface area contributed by atoms with Gasteiger partial charge in [0.1, 0.15) is 17.2 Å². The topological polar surface area (TPSA) is 62.2 Å². The Morgan fingerprint density at radius 3 is 2.75 bits per heavy atom. The highest BCUT2D eigenvalue weighted by molar-refractivity contribution is 5.93. The molecule has 4 nitrogen and oxygen atoms in total. The van der Waals surface area contributed by atoms with Crippen LogP contribution in [0.2, 0.25) is 0 Å². The number of carboxylic acid groups (broad SMARTS) is 1. The lowest BCUT2D eigenvalue weighted by molar-refractivity contribution is 0.0697. The van der Waals surface area contributed by atoms with E-state index >= 15 is 0 Å². The first kappa shape index (κ1) is 14.8. The van der Waals surface area contributed by atoms with E-state index in [2.05, 4.69) is 17.2 Å². The second kappa shape index (κ2) is 6.68. The van der Waals surface area contributed by atoms with Gasteiger partial charge in [-0.25, -0.2) is 14.2 Å². The van der Waals surface area contributed by atoms with E-state index in [0.29, 0.717) is 0 Å². The molecule has 0 aromatic carbocycles. The SMILES string of the molecule is CCCC1CCC(Nc2ncc(F)cc2C(=O)O)CC1. The first-order chi connectivity index (χ1) is 9.60. The van der Waals surface area contributed by atoms with Crippen molar-refractivity contribution in [2.45, 2.75) is 51.5 Å². The highest BCUT2D eigenvalue weighted by Crippen LogP contribution is 2.29. The smallest absolute Gasteiger partial charge is 0.339 e. The molecule has 1 aliphatic carbocycles. The normalized spacial score (nSPS) is 22.5. The van der Waals surface area contributed by atoms with Crippen molar-refractivity contribution in [1.82, 2.24) is 4.98 Å². The van der Waals surface area contributed by atoms with Crippen molar-refractivity contribution < 1.29 is 14.3 Å². The summed E-state index contributed by atoms with van der Waals surface area (Å²) in [4.78, 5) is 15.0. The van der Waals surface area contributed by atoms with Gasteiger partial charge in [0.05, 0.1) is 6.20 Å². The van der Waals surface area contributed by atoms with Crippen LogP contribution in [0.3, 0.4) is 0 Å². The van der Waals surface area contributed by atoms with Crippen molar-refractivity contribution >= 4 is 11.8 Å². The fourth-order valence-electron chi connectivity index (χ4n) is 2.91. The monoisotopic (exact) mass is 280 g/mol. The summed E-state index contributed by atoms with van der Waals surface area (Å²) < 4.78 is 13.1. The van der Waals surface area contributed by atoms with Gasteiger partial charge in [0.25, 0.3) is 0 Å². The fraction of sp³-hybridized carbons (Fsp3) is 0.600. The number of nitrogens with zero attached hydrogens (tertiary/aromatic N) is 1. The lowest BCUT2D eigenvalue weighted by Crippen LogP contribution is -2.27. The van der Waals surface area contributed by atoms with E-state index in [4.69, 9.17) is 5.11 Å². The van der Waals surface area contributed by atoms with Crippen molar-refractivity contribution in [2.75, 3.05) is 5.32 Å². The molecule has 0 bridgehead atoms. The summed E-state index contributed by atoms with van der Waals surface area (Å²) in [6.45, 7) is 2.20. The molecule has 0 atom stereocenters. The van der Waals surface area contributed by atoms with Gasteiger partial charge >= 0.3 is 5.97 Å². The summed E-state index contributed by atoms with van der Waals surface area (Å²) in [5, 5.41) is 12.2. The molecule has 5 heteroatoms. The maximum atomic E-state index is 13.1. The standard InChI is InChI=1S/C15H21FN2O2/c1-2-3-10-4-6-12(7-5-10)18-14-13(15(19)20)8-11(16)9-17-14/h8-10,12H,2-7H2,1H3,(H,17,18)(H,19,20). The molecule has 110 valence electrons. The van der Waals surface area contributed by atoms with Gasteiger partial charge in [-0.15, -0.1) is 0 Å². The molecule has 1 aromatic rings. The first-order valence-electron chi connectivity index (χ1n) is 7.25. The zero-order valence-electron chi connectivity index (χ0n) is 11.7. The van der Waals surface area contributed by atoms with Crippen LogP contribution in [0.15, 0.2) is 12.3 Å². The molecule has 0 radical (unpaired) electrons. The lowest BCUT2D eigenvalue weighted by atomic mass is 9.83. The Hall–Kier alpha value is -1.65. The van der Waals surface area contributed by atoms with E-state index in [1.54, 1.807) is 0 Å². The molecule has 1 heterocycles. The van der Waals surface area contributed by atoms with E-state index < -0.39 is 11.8 Å². The average Bonchev–Trinajstić information content (AvgIpc) is 2.43. The number of anilines is 1. The van der Waals surface area contributed by atoms with Crippen molar-refractivity contribution in [3.63, 3.8) is 0 Å². The van der Waals surface area contributed by atoms with E-state index in [9.17, 15) is 9.18 Å². The summed E-state index contributed by atoms with van der Waals surface area (Å²) >= 11 is 0. The maximum Gasteiger partial charge on any atom is 0.339 e. The Labute approximate surface area is 118 Å². The predicted molar refractivity (Wildman–Crippen MR) is 75.4 cm³/mol. The number of carboxylic acids is 1. The third kappa shape index (κ3) is 3.68. The molecule has 0 aliphatic heterocycles. The number of hydrogen-bond acceptors (Lipinski definition) is 3. The highest BCUT2D eigenvalue weighted by atomic mass is 19.1. The minimum absolute atomic E-state index is 0.0966. The number of aromatic carboxylic acids is 1. The second-order valence-electron chi connectivity index (χ2n) is 5.51. The number of halogens is 1. The molecule has 2 rings (SSSR count). The Morgan fingerprint density at radius 1 is 1.45 bits per heavy atom. The zero-order valence-corrected chi connectivity index (χ0v) is 11.7. The Balaban J connectivity index is 1.99. The van der Waals surface area contributed by atoms with Gasteiger partial charge in [-0.2, -0.15) is 0 Å². The fourth-order valence-corrected chi connectivity index (χ4v) is 2.91. The van der Waals surface area contributed by atoms with Crippen LogP contribution in [0.25, 0.3) is 0 Å². The maximum absolute atomic E-state index is 13.1. The number of pyridine rings is 1. The number of aromatic nitrogens is 1. The van der Waals surface area contributed by atoms with Crippen molar-refractivity contribution in [3.8, 4) is 0 Å². The third-order valence-electron chi connectivity index (χ3n) is 3.97. The molecule has 0 unspecified atom stereocenters. The van der Waals surface area contributed by atoms with E-state index in [-0.39, 0.29) is 17.4 Å². The molecule has 0 saturated heterocycles. The van der Waals surface area contributed by atoms with E-state index in [1.807, 2.05) is 0 Å².